The van der Waals surface area contributed by atoms with Gasteiger partial charge in [0.1, 0.15) is 17.2 Å². The Balaban J connectivity index is 1.27. The van der Waals surface area contributed by atoms with Crippen molar-refractivity contribution >= 4 is 0 Å². The fraction of sp³-hybridized carbons (Fsp3) is 0.625. The Kier molecular flexibility index (Phi) is 4.80. The van der Waals surface area contributed by atoms with Crippen molar-refractivity contribution in [3.05, 3.63) is 35.6 Å². The van der Waals surface area contributed by atoms with Crippen LogP contribution in [0.1, 0.15) is 55.8 Å². The molecule has 1 heterocycles. The summed E-state index contributed by atoms with van der Waals surface area (Å²) in [6.07, 6.45) is 1.91. The summed E-state index contributed by atoms with van der Waals surface area (Å²) in [5.41, 5.74) is 7.82. The normalized spacial score (nSPS) is 33.6. The maximum Gasteiger partial charge on any atom is 0.573 e. The highest BCUT2D eigenvalue weighted by Gasteiger charge is 2.59. The van der Waals surface area contributed by atoms with E-state index in [1.54, 1.807) is 12.1 Å². The Morgan fingerprint density at radius 2 is 1.84 bits per heavy atom. The first-order valence-corrected chi connectivity index (χ1v) is 11.6. The van der Waals surface area contributed by atoms with Crippen molar-refractivity contribution in [1.29, 1.82) is 0 Å². The predicted octanol–water partition coefficient (Wildman–Crippen LogP) is 5.40. The predicted molar refractivity (Wildman–Crippen MR) is 110 cm³/mol. The largest absolute Gasteiger partial charge is 0.573 e. The molecule has 8 heteroatoms. The van der Waals surface area contributed by atoms with Gasteiger partial charge in [-0.05, 0) is 67.9 Å². The molecule has 0 amide bonds. The summed E-state index contributed by atoms with van der Waals surface area (Å²) >= 11 is 0. The molecule has 4 aliphatic carbocycles. The monoisotopic (exact) mass is 448 g/mol. The summed E-state index contributed by atoms with van der Waals surface area (Å²) in [7, 11) is 0. The van der Waals surface area contributed by atoms with Gasteiger partial charge in [0, 0.05) is 23.1 Å². The number of hydrogen-bond acceptors (Lipinski definition) is 5. The Hall–Kier alpha value is -2.06. The second kappa shape index (κ2) is 7.48. The van der Waals surface area contributed by atoms with Crippen LogP contribution in [0.5, 0.6) is 5.75 Å². The molecule has 172 valence electrons. The number of rotatable bonds is 6. The van der Waals surface area contributed by atoms with Gasteiger partial charge in [0.15, 0.2) is 0 Å². The number of aromatic nitrogens is 1. The zero-order chi connectivity index (χ0) is 22.0. The summed E-state index contributed by atoms with van der Waals surface area (Å²) in [4.78, 5) is 0. The van der Waals surface area contributed by atoms with E-state index < -0.39 is 6.36 Å². The summed E-state index contributed by atoms with van der Waals surface area (Å²) in [5.74, 6) is 3.10. The molecule has 4 aliphatic rings. The molecule has 2 N–H and O–H groups in total. The van der Waals surface area contributed by atoms with Gasteiger partial charge in [0.2, 0.25) is 0 Å². The van der Waals surface area contributed by atoms with E-state index in [0.717, 1.165) is 30.6 Å². The fourth-order valence-corrected chi connectivity index (χ4v) is 6.59. The van der Waals surface area contributed by atoms with Gasteiger partial charge in [0.25, 0.3) is 0 Å². The molecule has 0 radical (unpaired) electrons. The van der Waals surface area contributed by atoms with Crippen LogP contribution in [0.2, 0.25) is 0 Å². The number of para-hydroxylation sites is 1. The summed E-state index contributed by atoms with van der Waals surface area (Å²) in [6, 6.07) is 6.36. The van der Waals surface area contributed by atoms with Gasteiger partial charge < -0.3 is 19.7 Å². The van der Waals surface area contributed by atoms with E-state index in [1.807, 2.05) is 0 Å². The quantitative estimate of drug-likeness (QED) is 0.641. The van der Waals surface area contributed by atoms with Crippen molar-refractivity contribution in [3.63, 3.8) is 0 Å². The third-order valence-corrected chi connectivity index (χ3v) is 8.11. The molecule has 6 rings (SSSR count). The highest BCUT2D eigenvalue weighted by molar-refractivity contribution is 5.70. The zero-order valence-corrected chi connectivity index (χ0v) is 17.7. The van der Waals surface area contributed by atoms with Crippen molar-refractivity contribution in [2.45, 2.75) is 69.6 Å². The lowest BCUT2D eigenvalue weighted by atomic mass is 9.55. The molecule has 0 saturated heterocycles. The van der Waals surface area contributed by atoms with Crippen LogP contribution in [0.25, 0.3) is 11.3 Å². The summed E-state index contributed by atoms with van der Waals surface area (Å²) < 4.78 is 55.3. The Morgan fingerprint density at radius 1 is 1.06 bits per heavy atom. The van der Waals surface area contributed by atoms with Crippen molar-refractivity contribution in [1.82, 2.24) is 5.16 Å². The van der Waals surface area contributed by atoms with Gasteiger partial charge in [-0.15, -0.1) is 13.2 Å². The molecule has 6 unspecified atom stereocenters. The zero-order valence-electron chi connectivity index (χ0n) is 17.7. The van der Waals surface area contributed by atoms with Crippen LogP contribution >= 0.6 is 0 Å². The van der Waals surface area contributed by atoms with Gasteiger partial charge >= 0.3 is 6.36 Å². The molecule has 0 bridgehead atoms. The molecule has 2 aromatic rings. The first kappa shape index (κ1) is 20.5. The van der Waals surface area contributed by atoms with Crippen LogP contribution in [0.3, 0.4) is 0 Å². The number of nitrogens with two attached hydrogens (primary N) is 1. The number of benzene rings is 1. The van der Waals surface area contributed by atoms with Crippen molar-refractivity contribution in [2.24, 2.45) is 29.4 Å². The SMILES string of the molecule is NC1C2CCCC3C(OCc4c(-c5ccccc5OC(F)(F)F)noc4C4CC4)CC1C32. The van der Waals surface area contributed by atoms with Crippen LogP contribution in [-0.4, -0.2) is 23.7 Å². The Labute approximate surface area is 184 Å². The maximum atomic E-state index is 13.0. The lowest BCUT2D eigenvalue weighted by Gasteiger charge is -2.52. The Bertz CT molecular complexity index is 1000. The van der Waals surface area contributed by atoms with E-state index in [9.17, 15) is 13.2 Å². The average Bonchev–Trinajstić information content (AvgIpc) is 3.41. The van der Waals surface area contributed by atoms with E-state index in [1.165, 1.54) is 31.4 Å². The molecule has 1 aromatic carbocycles. The number of ether oxygens (including phenoxy) is 2. The fourth-order valence-electron chi connectivity index (χ4n) is 6.59. The lowest BCUT2D eigenvalue weighted by molar-refractivity contribution is -0.274. The second-order valence-electron chi connectivity index (χ2n) is 9.85. The van der Waals surface area contributed by atoms with Crippen LogP contribution in [0.4, 0.5) is 13.2 Å². The van der Waals surface area contributed by atoms with E-state index in [0.29, 0.717) is 29.4 Å². The van der Waals surface area contributed by atoms with Crippen LogP contribution < -0.4 is 10.5 Å². The van der Waals surface area contributed by atoms with Gasteiger partial charge in [-0.3, -0.25) is 0 Å². The molecule has 32 heavy (non-hydrogen) atoms. The summed E-state index contributed by atoms with van der Waals surface area (Å²) in [6.45, 7) is 0.283. The first-order chi connectivity index (χ1) is 15.4. The third-order valence-electron chi connectivity index (χ3n) is 8.11. The first-order valence-electron chi connectivity index (χ1n) is 11.6. The van der Waals surface area contributed by atoms with Gasteiger partial charge in [0.05, 0.1) is 12.7 Å². The smallest absolute Gasteiger partial charge is 0.405 e. The van der Waals surface area contributed by atoms with Crippen molar-refractivity contribution in [2.75, 3.05) is 0 Å². The van der Waals surface area contributed by atoms with E-state index in [4.69, 9.17) is 15.0 Å². The Morgan fingerprint density at radius 3 is 2.62 bits per heavy atom. The molecule has 4 fully saturated rings. The number of alkyl halides is 3. The molecular formula is C24H27F3N2O3. The molecule has 0 aliphatic heterocycles. The number of halogens is 3. The topological polar surface area (TPSA) is 70.5 Å². The third kappa shape index (κ3) is 3.43. The van der Waals surface area contributed by atoms with E-state index in [2.05, 4.69) is 9.89 Å². The standard InChI is InChI=1S/C24H27F3N2O3/c25-24(26,27)31-18-7-2-1-4-14(18)22-17(23(32-29-22)12-8-9-12)11-30-19-10-16-20-13(19)5-3-6-15(20)21(16)28/h1-2,4,7,12-13,15-16,19-21H,3,5-6,8-11,28H2. The highest BCUT2D eigenvalue weighted by Crippen LogP contribution is 2.60. The minimum Gasteiger partial charge on any atom is -0.405 e. The van der Waals surface area contributed by atoms with E-state index in [-0.39, 0.29) is 36.0 Å². The summed E-state index contributed by atoms with van der Waals surface area (Å²) in [5, 5.41) is 4.18. The minimum atomic E-state index is -4.78. The second-order valence-corrected chi connectivity index (χ2v) is 9.85. The molecule has 4 saturated carbocycles. The molecule has 0 spiro atoms. The highest BCUT2D eigenvalue weighted by atomic mass is 19.4. The average molecular weight is 448 g/mol. The minimum absolute atomic E-state index is 0.137. The van der Waals surface area contributed by atoms with Crippen LogP contribution in [0.15, 0.2) is 28.8 Å². The van der Waals surface area contributed by atoms with Crippen molar-refractivity contribution in [3.8, 4) is 17.0 Å². The van der Waals surface area contributed by atoms with Crippen LogP contribution in [0, 0.1) is 23.7 Å². The van der Waals surface area contributed by atoms with Gasteiger partial charge in [-0.1, -0.05) is 23.7 Å². The maximum absolute atomic E-state index is 13.0. The lowest BCUT2D eigenvalue weighted by Crippen LogP contribution is -2.56. The number of nitrogens with zero attached hydrogens (tertiary/aromatic N) is 1. The van der Waals surface area contributed by atoms with E-state index >= 15 is 0 Å². The molecule has 5 nitrogen and oxygen atoms in total. The van der Waals surface area contributed by atoms with Crippen molar-refractivity contribution < 1.29 is 27.2 Å². The van der Waals surface area contributed by atoms with Gasteiger partial charge in [-0.25, -0.2) is 0 Å². The van der Waals surface area contributed by atoms with Crippen LogP contribution in [-0.2, 0) is 11.3 Å². The molecule has 1 aromatic heterocycles. The van der Waals surface area contributed by atoms with Gasteiger partial charge in [-0.2, -0.15) is 0 Å². The number of hydrogen-bond donors (Lipinski definition) is 1. The molecular weight excluding hydrogens is 421 g/mol. The molecule has 6 atom stereocenters.